The lowest BCUT2D eigenvalue weighted by atomic mass is 10.2. The monoisotopic (exact) mass is 367 g/mol. The van der Waals surface area contributed by atoms with Crippen molar-refractivity contribution in [2.45, 2.75) is 18.4 Å². The van der Waals surface area contributed by atoms with Gasteiger partial charge in [-0.3, -0.25) is 0 Å². The maximum atomic E-state index is 12.5. The minimum Gasteiger partial charge on any atom is -0.239 e. The Bertz CT molecular complexity index is 492. The molecular formula is C7H5ClF2INO2S. The first-order valence-electron chi connectivity index (χ1n) is 3.63. The van der Waals surface area contributed by atoms with Crippen LogP contribution in [0.25, 0.3) is 0 Å². The van der Waals surface area contributed by atoms with Crippen molar-refractivity contribution in [3.8, 4) is 0 Å². The van der Waals surface area contributed by atoms with Gasteiger partial charge in [0, 0.05) is 21.9 Å². The Kier molecular flexibility index (Phi) is 3.88. The minimum absolute atomic E-state index is 0.136. The number of aryl methyl sites for hydroxylation is 1. The summed E-state index contributed by atoms with van der Waals surface area (Å²) >= 11 is 1.49. The SMILES string of the molecule is Cc1cc(C(F)F)c(I)c(S(=O)(=O)Cl)n1. The summed E-state index contributed by atoms with van der Waals surface area (Å²) in [7, 11) is 0.981. The second-order valence-corrected chi connectivity index (χ2v) is 6.27. The van der Waals surface area contributed by atoms with Gasteiger partial charge in [-0.2, -0.15) is 0 Å². The standard InChI is InChI=1S/C7H5ClF2INO2S/c1-3-2-4(6(9)10)5(11)7(12-3)15(8,13)14/h2,6H,1H3. The number of hydrogen-bond donors (Lipinski definition) is 0. The molecule has 1 heterocycles. The Morgan fingerprint density at radius 1 is 1.53 bits per heavy atom. The molecule has 15 heavy (non-hydrogen) atoms. The molecule has 1 rings (SSSR count). The molecule has 3 nitrogen and oxygen atoms in total. The van der Waals surface area contributed by atoms with Crippen LogP contribution in [0.2, 0.25) is 0 Å². The fraction of sp³-hybridized carbons (Fsp3) is 0.286. The topological polar surface area (TPSA) is 47.0 Å². The molecule has 0 saturated carbocycles. The molecular weight excluding hydrogens is 363 g/mol. The molecule has 8 heteroatoms. The van der Waals surface area contributed by atoms with Gasteiger partial charge in [-0.15, -0.1) is 0 Å². The Labute approximate surface area is 103 Å². The van der Waals surface area contributed by atoms with Crippen LogP contribution in [0.1, 0.15) is 17.7 Å². The molecule has 0 unspecified atom stereocenters. The molecule has 0 aliphatic carbocycles. The van der Waals surface area contributed by atoms with Gasteiger partial charge in [-0.05, 0) is 35.6 Å². The highest BCUT2D eigenvalue weighted by atomic mass is 127. The van der Waals surface area contributed by atoms with Gasteiger partial charge in [0.25, 0.3) is 15.5 Å². The van der Waals surface area contributed by atoms with E-state index in [1.54, 1.807) is 0 Å². The summed E-state index contributed by atoms with van der Waals surface area (Å²) in [6.07, 6.45) is -2.75. The van der Waals surface area contributed by atoms with Gasteiger partial charge in [0.15, 0.2) is 5.03 Å². The van der Waals surface area contributed by atoms with Crippen molar-refractivity contribution in [2.24, 2.45) is 0 Å². The molecule has 1 aromatic heterocycles. The highest BCUT2D eigenvalue weighted by Crippen LogP contribution is 2.30. The number of pyridine rings is 1. The van der Waals surface area contributed by atoms with Crippen LogP contribution in [-0.4, -0.2) is 13.4 Å². The van der Waals surface area contributed by atoms with Crippen molar-refractivity contribution in [2.75, 3.05) is 0 Å². The van der Waals surface area contributed by atoms with Gasteiger partial charge in [0.2, 0.25) is 0 Å². The van der Waals surface area contributed by atoms with Crippen molar-refractivity contribution in [3.63, 3.8) is 0 Å². The number of rotatable bonds is 2. The van der Waals surface area contributed by atoms with Crippen LogP contribution in [-0.2, 0) is 9.05 Å². The predicted octanol–water partition coefficient (Wildman–Crippen LogP) is 2.86. The zero-order chi connectivity index (χ0) is 11.8. The van der Waals surface area contributed by atoms with Gasteiger partial charge >= 0.3 is 0 Å². The van der Waals surface area contributed by atoms with E-state index in [1.807, 2.05) is 0 Å². The molecule has 0 spiro atoms. The Balaban J connectivity index is 3.56. The first-order chi connectivity index (χ1) is 6.73. The van der Waals surface area contributed by atoms with Crippen LogP contribution in [0.4, 0.5) is 8.78 Å². The fourth-order valence-corrected chi connectivity index (χ4v) is 3.67. The number of halogens is 4. The fourth-order valence-electron chi connectivity index (χ4n) is 0.974. The third-order valence-electron chi connectivity index (χ3n) is 1.55. The second-order valence-electron chi connectivity index (χ2n) is 2.71. The molecule has 0 N–H and O–H groups in total. The second kappa shape index (κ2) is 4.46. The lowest BCUT2D eigenvalue weighted by Gasteiger charge is -2.07. The average Bonchev–Trinajstić information content (AvgIpc) is 2.06. The van der Waals surface area contributed by atoms with E-state index >= 15 is 0 Å². The van der Waals surface area contributed by atoms with Crippen LogP contribution in [0.3, 0.4) is 0 Å². The Morgan fingerprint density at radius 3 is 2.47 bits per heavy atom. The number of aromatic nitrogens is 1. The number of nitrogens with zero attached hydrogens (tertiary/aromatic N) is 1. The quantitative estimate of drug-likeness (QED) is 0.596. The molecule has 0 amide bonds. The normalized spacial score (nSPS) is 12.1. The molecule has 1 aromatic rings. The van der Waals surface area contributed by atoms with Gasteiger partial charge in [-0.25, -0.2) is 22.2 Å². The zero-order valence-corrected chi connectivity index (χ0v) is 11.1. The molecule has 0 radical (unpaired) electrons. The molecule has 0 aromatic carbocycles. The molecule has 0 aliphatic rings. The van der Waals surface area contributed by atoms with E-state index in [9.17, 15) is 17.2 Å². The third-order valence-corrected chi connectivity index (χ3v) is 4.25. The summed E-state index contributed by atoms with van der Waals surface area (Å²) in [5.41, 5.74) is -0.188. The van der Waals surface area contributed by atoms with Gasteiger partial charge < -0.3 is 0 Å². The Hall–Kier alpha value is -0.0200. The van der Waals surface area contributed by atoms with E-state index in [-0.39, 0.29) is 14.8 Å². The van der Waals surface area contributed by atoms with Crippen molar-refractivity contribution < 1.29 is 17.2 Å². The lowest BCUT2D eigenvalue weighted by Crippen LogP contribution is -2.04. The van der Waals surface area contributed by atoms with Gasteiger partial charge in [-0.1, -0.05) is 0 Å². The maximum absolute atomic E-state index is 12.5. The van der Waals surface area contributed by atoms with Gasteiger partial charge in [0.1, 0.15) is 0 Å². The zero-order valence-electron chi connectivity index (χ0n) is 7.34. The predicted molar refractivity (Wildman–Crippen MR) is 59.7 cm³/mol. The molecule has 0 bridgehead atoms. The highest BCUT2D eigenvalue weighted by Gasteiger charge is 2.23. The van der Waals surface area contributed by atoms with Crippen LogP contribution in [0, 0.1) is 10.5 Å². The summed E-state index contributed by atoms with van der Waals surface area (Å²) in [5, 5.41) is -0.514. The van der Waals surface area contributed by atoms with Crippen LogP contribution < -0.4 is 0 Å². The van der Waals surface area contributed by atoms with Crippen molar-refractivity contribution in [1.29, 1.82) is 0 Å². The summed E-state index contributed by atoms with van der Waals surface area (Å²) < 4.78 is 46.9. The summed E-state index contributed by atoms with van der Waals surface area (Å²) in [5.74, 6) is 0. The smallest absolute Gasteiger partial charge is 0.239 e. The molecule has 0 fully saturated rings. The maximum Gasteiger partial charge on any atom is 0.279 e. The molecule has 0 saturated heterocycles. The van der Waals surface area contributed by atoms with E-state index < -0.39 is 20.5 Å². The van der Waals surface area contributed by atoms with Crippen molar-refractivity contribution in [1.82, 2.24) is 4.98 Å². The van der Waals surface area contributed by atoms with Crippen molar-refractivity contribution >= 4 is 42.3 Å². The van der Waals surface area contributed by atoms with Crippen LogP contribution in [0.15, 0.2) is 11.1 Å². The summed E-state index contributed by atoms with van der Waals surface area (Å²) in [6.45, 7) is 1.42. The molecule has 0 atom stereocenters. The van der Waals surface area contributed by atoms with Crippen LogP contribution >= 0.6 is 33.3 Å². The van der Waals surface area contributed by atoms with E-state index in [2.05, 4.69) is 4.98 Å². The third kappa shape index (κ3) is 2.97. The van der Waals surface area contributed by atoms with Crippen molar-refractivity contribution in [3.05, 3.63) is 20.9 Å². The van der Waals surface area contributed by atoms with E-state index in [1.165, 1.54) is 29.5 Å². The van der Waals surface area contributed by atoms with Crippen LogP contribution in [0.5, 0.6) is 0 Å². The average molecular weight is 368 g/mol. The van der Waals surface area contributed by atoms with E-state index in [0.717, 1.165) is 6.07 Å². The molecule has 84 valence electrons. The first kappa shape index (κ1) is 13.0. The lowest BCUT2D eigenvalue weighted by molar-refractivity contribution is 0.149. The summed E-state index contributed by atoms with van der Waals surface area (Å²) in [4.78, 5) is 3.63. The highest BCUT2D eigenvalue weighted by molar-refractivity contribution is 14.1. The number of hydrogen-bond acceptors (Lipinski definition) is 3. The minimum atomic E-state index is -4.09. The number of alkyl halides is 2. The van der Waals surface area contributed by atoms with Gasteiger partial charge in [0.05, 0.1) is 3.57 Å². The first-order valence-corrected chi connectivity index (χ1v) is 7.02. The van der Waals surface area contributed by atoms with E-state index in [0.29, 0.717) is 0 Å². The summed E-state index contributed by atoms with van der Waals surface area (Å²) in [6, 6.07) is 1.14. The molecule has 0 aliphatic heterocycles. The Morgan fingerprint density at radius 2 is 2.07 bits per heavy atom. The largest absolute Gasteiger partial charge is 0.279 e. The van der Waals surface area contributed by atoms with E-state index in [4.69, 9.17) is 10.7 Å².